The summed E-state index contributed by atoms with van der Waals surface area (Å²) in [6, 6.07) is 19.7. The van der Waals surface area contributed by atoms with Gasteiger partial charge in [-0.3, -0.25) is 4.98 Å². The lowest BCUT2D eigenvalue weighted by Crippen LogP contribution is -2.34. The summed E-state index contributed by atoms with van der Waals surface area (Å²) in [7, 11) is 2.16. The lowest BCUT2D eigenvalue weighted by molar-refractivity contribution is -0.191. The molecule has 12 heteroatoms. The minimum atomic E-state index is -0.211. The van der Waals surface area contributed by atoms with Crippen molar-refractivity contribution in [2.45, 2.75) is 57.9 Å². The Balaban J connectivity index is 0.00000168. The fourth-order valence-electron chi connectivity index (χ4n) is 6.67. The molecule has 1 fully saturated rings. The molecule has 1 aliphatic heterocycles. The summed E-state index contributed by atoms with van der Waals surface area (Å²) in [6.07, 6.45) is 7.21. The molecule has 2 aliphatic rings. The van der Waals surface area contributed by atoms with Crippen LogP contribution in [0.2, 0.25) is 10.0 Å². The molecule has 52 heavy (non-hydrogen) atoms. The number of halogens is 2. The number of piperidine rings is 1. The summed E-state index contributed by atoms with van der Waals surface area (Å²) in [5.74, 6) is 2.32. The molecular formula is C40H42Cl2N4O6. The van der Waals surface area contributed by atoms with Crippen molar-refractivity contribution in [1.82, 2.24) is 15.2 Å². The van der Waals surface area contributed by atoms with E-state index in [1.54, 1.807) is 12.3 Å². The van der Waals surface area contributed by atoms with Crippen LogP contribution in [0.15, 0.2) is 67.0 Å². The van der Waals surface area contributed by atoms with Gasteiger partial charge in [0.1, 0.15) is 36.0 Å². The molecule has 4 aromatic rings. The molecule has 2 N–H and O–H groups in total. The van der Waals surface area contributed by atoms with E-state index in [1.807, 2.05) is 37.3 Å². The van der Waals surface area contributed by atoms with E-state index in [4.69, 9.17) is 47.0 Å². The molecule has 0 spiro atoms. The largest absolute Gasteiger partial charge is 0.492 e. The van der Waals surface area contributed by atoms with Crippen molar-refractivity contribution in [3.05, 3.63) is 105 Å². The van der Waals surface area contributed by atoms with Gasteiger partial charge >= 0.3 is 6.15 Å². The summed E-state index contributed by atoms with van der Waals surface area (Å²) in [4.78, 5) is 22.8. The highest BCUT2D eigenvalue weighted by Crippen LogP contribution is 2.45. The molecule has 6 rings (SSSR count). The zero-order chi connectivity index (χ0) is 37.0. The van der Waals surface area contributed by atoms with Gasteiger partial charge < -0.3 is 29.5 Å². The third-order valence-electron chi connectivity index (χ3n) is 9.28. The Morgan fingerprint density at radius 1 is 1.04 bits per heavy atom. The third kappa shape index (κ3) is 9.90. The number of aliphatic hydroxyl groups excluding tert-OH is 1. The smallest absolute Gasteiger partial charge is 0.373 e. The fraction of sp³-hybridized carbons (Fsp3) is 0.375. The molecule has 2 heterocycles. The van der Waals surface area contributed by atoms with Gasteiger partial charge in [-0.25, -0.2) is 0 Å². The van der Waals surface area contributed by atoms with Crippen LogP contribution in [-0.2, 0) is 29.2 Å². The standard InChI is InChI=1S/C39H42Cl2N4O4.CO2/c1-25(22-46)44-20-29-15-34(40)38(16-37(29)48-24-28-14-27(17-42)18-43-19-28)49-35-12-11-31-30(7-3-8-32(31)35)33-9-4-10-36(39(33)41)47-23-26-6-5-13-45(2)21-26;2-1-3/h3-4,7-10,14-16,18-19,25-26,35,44,46H,5-6,11-13,20-24H2,1-2H3;/t25-,26-,35-;/m1./s1. The van der Waals surface area contributed by atoms with E-state index >= 15 is 0 Å². The number of hydrogen-bond acceptors (Lipinski definition) is 10. The topological polar surface area (TPSA) is 134 Å². The van der Waals surface area contributed by atoms with Crippen LogP contribution in [0.4, 0.5) is 0 Å². The van der Waals surface area contributed by atoms with Gasteiger partial charge in [0.25, 0.3) is 0 Å². The minimum absolute atomic E-state index is 0.00161. The molecule has 3 aromatic carbocycles. The number of fused-ring (bicyclic) bond motifs is 1. The van der Waals surface area contributed by atoms with Crippen molar-refractivity contribution in [2.24, 2.45) is 5.92 Å². The summed E-state index contributed by atoms with van der Waals surface area (Å²) in [5.41, 5.74) is 6.40. The summed E-state index contributed by atoms with van der Waals surface area (Å²) in [6.45, 7) is 5.38. The predicted octanol–water partition coefficient (Wildman–Crippen LogP) is 7.18. The first-order chi connectivity index (χ1) is 25.2. The van der Waals surface area contributed by atoms with E-state index in [2.05, 4.69) is 46.5 Å². The van der Waals surface area contributed by atoms with Crippen LogP contribution in [0.25, 0.3) is 11.1 Å². The zero-order valence-corrected chi connectivity index (χ0v) is 30.8. The lowest BCUT2D eigenvalue weighted by Gasteiger charge is -2.29. The van der Waals surface area contributed by atoms with Gasteiger partial charge in [-0.2, -0.15) is 14.9 Å². The number of likely N-dealkylation sites (tertiary alicyclic amines) is 1. The molecule has 0 radical (unpaired) electrons. The van der Waals surface area contributed by atoms with Crippen LogP contribution in [0.3, 0.4) is 0 Å². The van der Waals surface area contributed by atoms with Crippen molar-refractivity contribution in [3.8, 4) is 34.4 Å². The Hall–Kier alpha value is -4.46. The second-order valence-corrected chi connectivity index (χ2v) is 13.9. The molecule has 1 aromatic heterocycles. The molecule has 0 unspecified atom stereocenters. The molecule has 0 bridgehead atoms. The van der Waals surface area contributed by atoms with E-state index < -0.39 is 0 Å². The van der Waals surface area contributed by atoms with Gasteiger partial charge in [0.15, 0.2) is 0 Å². The number of rotatable bonds is 13. The number of hydrogen-bond donors (Lipinski definition) is 2. The average molecular weight is 746 g/mol. The first-order valence-electron chi connectivity index (χ1n) is 17.3. The molecule has 10 nitrogen and oxygen atoms in total. The maximum Gasteiger partial charge on any atom is 0.373 e. The highest BCUT2D eigenvalue weighted by atomic mass is 35.5. The normalized spacial score (nSPS) is 17.2. The highest BCUT2D eigenvalue weighted by molar-refractivity contribution is 6.35. The Labute approximate surface area is 314 Å². The maximum absolute atomic E-state index is 9.54. The highest BCUT2D eigenvalue weighted by Gasteiger charge is 2.29. The van der Waals surface area contributed by atoms with Crippen molar-refractivity contribution in [1.29, 1.82) is 5.26 Å². The summed E-state index contributed by atoms with van der Waals surface area (Å²) in [5, 5.41) is 23.2. The monoisotopic (exact) mass is 744 g/mol. The second-order valence-electron chi connectivity index (χ2n) is 13.1. The van der Waals surface area contributed by atoms with E-state index in [0.717, 1.165) is 53.7 Å². The van der Waals surface area contributed by atoms with Gasteiger partial charge in [0.05, 0.1) is 28.8 Å². The number of pyridine rings is 1. The van der Waals surface area contributed by atoms with Crippen LogP contribution in [0, 0.1) is 17.2 Å². The molecule has 0 saturated carbocycles. The van der Waals surface area contributed by atoms with Crippen LogP contribution >= 0.6 is 23.2 Å². The van der Waals surface area contributed by atoms with E-state index in [1.165, 1.54) is 24.6 Å². The van der Waals surface area contributed by atoms with E-state index in [-0.39, 0.29) is 31.5 Å². The number of carbonyl (C=O) groups excluding carboxylic acids is 2. The first kappa shape index (κ1) is 38.8. The van der Waals surface area contributed by atoms with Crippen LogP contribution in [0.5, 0.6) is 17.2 Å². The van der Waals surface area contributed by atoms with E-state index in [9.17, 15) is 10.4 Å². The van der Waals surface area contributed by atoms with Gasteiger partial charge in [-0.05, 0) is 81.1 Å². The number of nitrogens with one attached hydrogen (secondary N) is 1. The Morgan fingerprint density at radius 3 is 2.60 bits per heavy atom. The summed E-state index contributed by atoms with van der Waals surface area (Å²) < 4.78 is 19.2. The van der Waals surface area contributed by atoms with Crippen LogP contribution in [-0.4, -0.2) is 60.5 Å². The number of benzene rings is 3. The molecule has 272 valence electrons. The Kier molecular flexibility index (Phi) is 14.1. The van der Waals surface area contributed by atoms with Gasteiger partial charge in [0.2, 0.25) is 0 Å². The average Bonchev–Trinajstić information content (AvgIpc) is 3.57. The van der Waals surface area contributed by atoms with Crippen molar-refractivity contribution < 1.29 is 28.9 Å². The molecule has 1 saturated heterocycles. The third-order valence-corrected chi connectivity index (χ3v) is 9.97. The van der Waals surface area contributed by atoms with Crippen molar-refractivity contribution >= 4 is 29.4 Å². The maximum atomic E-state index is 9.54. The number of nitrogens with zero attached hydrogens (tertiary/aromatic N) is 3. The Bertz CT molecular complexity index is 1910. The van der Waals surface area contributed by atoms with Gasteiger partial charge in [0, 0.05) is 60.2 Å². The minimum Gasteiger partial charge on any atom is -0.492 e. The SMILES string of the molecule is C[C@H](CO)NCc1cc(Cl)c(O[C@@H]2CCc3c(-c4cccc(OC[C@@H]5CCCN(C)C5)c4Cl)cccc32)cc1OCc1cncc(C#N)c1.O=C=O. The van der Waals surface area contributed by atoms with Crippen LogP contribution < -0.4 is 19.5 Å². The van der Waals surface area contributed by atoms with E-state index in [0.29, 0.717) is 51.9 Å². The molecule has 3 atom stereocenters. The number of ether oxygens (including phenoxy) is 3. The molecular weight excluding hydrogens is 703 g/mol. The fourth-order valence-corrected chi connectivity index (χ4v) is 7.18. The molecule has 0 amide bonds. The predicted molar refractivity (Wildman–Crippen MR) is 197 cm³/mol. The van der Waals surface area contributed by atoms with Crippen molar-refractivity contribution in [3.63, 3.8) is 0 Å². The van der Waals surface area contributed by atoms with Gasteiger partial charge in [-0.15, -0.1) is 0 Å². The lowest BCUT2D eigenvalue weighted by atomic mass is 9.96. The quantitative estimate of drug-likeness (QED) is 0.145. The Morgan fingerprint density at radius 2 is 1.83 bits per heavy atom. The zero-order valence-electron chi connectivity index (χ0n) is 29.2. The van der Waals surface area contributed by atoms with Crippen molar-refractivity contribution in [2.75, 3.05) is 33.4 Å². The summed E-state index contributed by atoms with van der Waals surface area (Å²) >= 11 is 13.9. The molecule has 1 aliphatic carbocycles. The number of aliphatic hydroxyl groups is 1. The number of nitriles is 1. The van der Waals surface area contributed by atoms with Gasteiger partial charge in [-0.1, -0.05) is 53.5 Å². The first-order valence-corrected chi connectivity index (χ1v) is 18.0. The second kappa shape index (κ2) is 18.9. The van der Waals surface area contributed by atoms with Crippen LogP contribution in [0.1, 0.15) is 60.1 Å². The number of aromatic nitrogens is 1.